The second kappa shape index (κ2) is 5.24. The van der Waals surface area contributed by atoms with Crippen molar-refractivity contribution in [3.8, 4) is 5.69 Å². The van der Waals surface area contributed by atoms with Crippen molar-refractivity contribution in [1.82, 2.24) is 9.55 Å². The Morgan fingerprint density at radius 2 is 2.11 bits per heavy atom. The molecule has 2 aromatic rings. The highest BCUT2D eigenvalue weighted by molar-refractivity contribution is 9.10. The van der Waals surface area contributed by atoms with Gasteiger partial charge < -0.3 is 10.3 Å². The average Bonchev–Trinajstić information content (AvgIpc) is 2.62. The first-order valence-corrected chi connectivity index (χ1v) is 6.83. The Bertz CT molecular complexity index is 558. The molecular weight excluding hydrogens is 290 g/mol. The smallest absolute Gasteiger partial charge is 0.0997 e. The number of aromatic nitrogens is 2. The molecular formula is C14H18BrN3. The Labute approximate surface area is 116 Å². The Balaban J connectivity index is 2.54. The Morgan fingerprint density at radius 1 is 1.39 bits per heavy atom. The molecule has 3 nitrogen and oxygen atoms in total. The molecule has 1 atom stereocenters. The van der Waals surface area contributed by atoms with Crippen LogP contribution in [0, 0.1) is 13.8 Å². The van der Waals surface area contributed by atoms with Crippen LogP contribution < -0.4 is 5.73 Å². The largest absolute Gasteiger partial charge is 0.328 e. The van der Waals surface area contributed by atoms with Crippen molar-refractivity contribution in [2.24, 2.45) is 5.73 Å². The van der Waals surface area contributed by atoms with Crippen LogP contribution in [0.25, 0.3) is 5.69 Å². The monoisotopic (exact) mass is 307 g/mol. The van der Waals surface area contributed by atoms with E-state index < -0.39 is 0 Å². The molecule has 1 unspecified atom stereocenters. The number of benzene rings is 1. The molecule has 1 heterocycles. The van der Waals surface area contributed by atoms with Crippen LogP contribution in [0.1, 0.15) is 23.9 Å². The van der Waals surface area contributed by atoms with E-state index in [-0.39, 0.29) is 6.04 Å². The third-order valence-corrected chi connectivity index (χ3v) is 3.59. The van der Waals surface area contributed by atoms with Crippen LogP contribution in [0.4, 0.5) is 0 Å². The van der Waals surface area contributed by atoms with Crippen molar-refractivity contribution < 1.29 is 0 Å². The summed E-state index contributed by atoms with van der Waals surface area (Å²) in [6, 6.07) is 6.44. The molecule has 0 amide bonds. The second-order valence-corrected chi connectivity index (χ2v) is 5.66. The number of nitrogens with zero attached hydrogens (tertiary/aromatic N) is 2. The Morgan fingerprint density at radius 3 is 2.67 bits per heavy atom. The second-order valence-electron chi connectivity index (χ2n) is 4.74. The lowest BCUT2D eigenvalue weighted by Gasteiger charge is -2.14. The summed E-state index contributed by atoms with van der Waals surface area (Å²) in [4.78, 5) is 4.36. The standard InChI is InChI=1S/C14H18BrN3/c1-9(16)6-12-4-5-13(15)7-14(12)18-8-17-10(2)11(18)3/h4-5,7-9H,6,16H2,1-3H3. The third-order valence-electron chi connectivity index (χ3n) is 3.10. The lowest BCUT2D eigenvalue weighted by atomic mass is 10.1. The van der Waals surface area contributed by atoms with E-state index in [0.717, 1.165) is 22.3 Å². The van der Waals surface area contributed by atoms with Crippen LogP contribution in [0.5, 0.6) is 0 Å². The molecule has 4 heteroatoms. The molecule has 0 saturated carbocycles. The summed E-state index contributed by atoms with van der Waals surface area (Å²) in [5.41, 5.74) is 10.5. The molecule has 0 aliphatic heterocycles. The van der Waals surface area contributed by atoms with Gasteiger partial charge in [0, 0.05) is 16.2 Å². The third kappa shape index (κ3) is 2.65. The van der Waals surface area contributed by atoms with Gasteiger partial charge in [-0.05, 0) is 44.9 Å². The zero-order valence-electron chi connectivity index (χ0n) is 10.9. The lowest BCUT2D eigenvalue weighted by molar-refractivity contribution is 0.732. The molecule has 2 rings (SSSR count). The molecule has 0 aliphatic carbocycles. The van der Waals surface area contributed by atoms with E-state index in [9.17, 15) is 0 Å². The van der Waals surface area contributed by atoms with Gasteiger partial charge in [0.15, 0.2) is 0 Å². The minimum Gasteiger partial charge on any atom is -0.328 e. The van der Waals surface area contributed by atoms with Gasteiger partial charge in [0.25, 0.3) is 0 Å². The molecule has 0 spiro atoms. The number of hydrogen-bond donors (Lipinski definition) is 1. The fraction of sp³-hybridized carbons (Fsp3) is 0.357. The van der Waals surface area contributed by atoms with Crippen molar-refractivity contribution in [3.63, 3.8) is 0 Å². The van der Waals surface area contributed by atoms with Crippen molar-refractivity contribution >= 4 is 15.9 Å². The fourth-order valence-electron chi connectivity index (χ4n) is 2.02. The van der Waals surface area contributed by atoms with Crippen molar-refractivity contribution in [1.29, 1.82) is 0 Å². The van der Waals surface area contributed by atoms with Crippen LogP contribution in [-0.2, 0) is 6.42 Å². The number of hydrogen-bond acceptors (Lipinski definition) is 2. The predicted molar refractivity (Wildman–Crippen MR) is 78.1 cm³/mol. The van der Waals surface area contributed by atoms with Gasteiger partial charge in [0.2, 0.25) is 0 Å². The van der Waals surface area contributed by atoms with Gasteiger partial charge >= 0.3 is 0 Å². The highest BCUT2D eigenvalue weighted by Gasteiger charge is 2.11. The van der Waals surface area contributed by atoms with Crippen molar-refractivity contribution in [2.75, 3.05) is 0 Å². The van der Waals surface area contributed by atoms with Crippen LogP contribution in [0.2, 0.25) is 0 Å². The molecule has 1 aromatic heterocycles. The van der Waals surface area contributed by atoms with E-state index >= 15 is 0 Å². The number of halogens is 1. The van der Waals surface area contributed by atoms with Gasteiger partial charge in [-0.25, -0.2) is 4.98 Å². The molecule has 0 aliphatic rings. The topological polar surface area (TPSA) is 43.8 Å². The van der Waals surface area contributed by atoms with E-state index in [1.54, 1.807) is 0 Å². The predicted octanol–water partition coefficient (Wildman–Crippen LogP) is 3.14. The maximum Gasteiger partial charge on any atom is 0.0997 e. The first kappa shape index (κ1) is 13.3. The van der Waals surface area contributed by atoms with E-state index in [4.69, 9.17) is 5.73 Å². The number of aryl methyl sites for hydroxylation is 1. The fourth-order valence-corrected chi connectivity index (χ4v) is 2.37. The van der Waals surface area contributed by atoms with Crippen LogP contribution in [-0.4, -0.2) is 15.6 Å². The first-order chi connectivity index (χ1) is 8.49. The van der Waals surface area contributed by atoms with E-state index in [1.165, 1.54) is 11.3 Å². The molecule has 96 valence electrons. The molecule has 2 N–H and O–H groups in total. The van der Waals surface area contributed by atoms with Crippen molar-refractivity contribution in [2.45, 2.75) is 33.2 Å². The number of rotatable bonds is 3. The highest BCUT2D eigenvalue weighted by atomic mass is 79.9. The van der Waals surface area contributed by atoms with E-state index in [2.05, 4.69) is 50.6 Å². The Hall–Kier alpha value is -1.13. The molecule has 1 aromatic carbocycles. The van der Waals surface area contributed by atoms with Gasteiger partial charge in [-0.15, -0.1) is 0 Å². The average molecular weight is 308 g/mol. The number of imidazole rings is 1. The lowest BCUT2D eigenvalue weighted by Crippen LogP contribution is -2.19. The van der Waals surface area contributed by atoms with E-state index in [0.29, 0.717) is 0 Å². The summed E-state index contributed by atoms with van der Waals surface area (Å²) in [5, 5.41) is 0. The SMILES string of the molecule is Cc1ncn(-c2cc(Br)ccc2CC(C)N)c1C. The van der Waals surface area contributed by atoms with Crippen LogP contribution in [0.15, 0.2) is 29.0 Å². The quantitative estimate of drug-likeness (QED) is 0.946. The molecule has 0 bridgehead atoms. The zero-order valence-corrected chi connectivity index (χ0v) is 12.5. The molecule has 18 heavy (non-hydrogen) atoms. The summed E-state index contributed by atoms with van der Waals surface area (Å²) >= 11 is 3.53. The minimum absolute atomic E-state index is 0.148. The molecule has 0 fully saturated rings. The van der Waals surface area contributed by atoms with Gasteiger partial charge in [-0.1, -0.05) is 22.0 Å². The van der Waals surface area contributed by atoms with Gasteiger partial charge in [-0.2, -0.15) is 0 Å². The van der Waals surface area contributed by atoms with Gasteiger partial charge in [-0.3, -0.25) is 0 Å². The molecule has 0 saturated heterocycles. The van der Waals surface area contributed by atoms with Crippen molar-refractivity contribution in [3.05, 3.63) is 46.0 Å². The molecule has 0 radical (unpaired) electrons. The normalized spacial score (nSPS) is 12.7. The van der Waals surface area contributed by atoms with Crippen LogP contribution in [0.3, 0.4) is 0 Å². The summed E-state index contributed by atoms with van der Waals surface area (Å²) in [6.45, 7) is 6.13. The first-order valence-electron chi connectivity index (χ1n) is 6.04. The number of nitrogens with two attached hydrogens (primary N) is 1. The Kier molecular flexibility index (Phi) is 3.88. The highest BCUT2D eigenvalue weighted by Crippen LogP contribution is 2.23. The van der Waals surface area contributed by atoms with E-state index in [1.807, 2.05) is 20.2 Å². The summed E-state index contributed by atoms with van der Waals surface area (Å²) in [6.07, 6.45) is 2.73. The zero-order chi connectivity index (χ0) is 13.3. The van der Waals surface area contributed by atoms with Crippen LogP contribution >= 0.6 is 15.9 Å². The minimum atomic E-state index is 0.148. The summed E-state index contributed by atoms with van der Waals surface area (Å²) in [5.74, 6) is 0. The summed E-state index contributed by atoms with van der Waals surface area (Å²) < 4.78 is 3.19. The maximum atomic E-state index is 5.92. The summed E-state index contributed by atoms with van der Waals surface area (Å²) in [7, 11) is 0. The van der Waals surface area contributed by atoms with Gasteiger partial charge in [0.1, 0.15) is 0 Å². The maximum absolute atomic E-state index is 5.92. The van der Waals surface area contributed by atoms with Gasteiger partial charge in [0.05, 0.1) is 17.7 Å².